The molecule has 0 bridgehead atoms. The Morgan fingerprint density at radius 2 is 1.62 bits per heavy atom. The van der Waals surface area contributed by atoms with Crippen LogP contribution >= 0.6 is 10.7 Å². The molecule has 0 aliphatic heterocycles. The average Bonchev–Trinajstić information content (AvgIpc) is 1.94. The minimum atomic E-state index is -3.72. The van der Waals surface area contributed by atoms with Gasteiger partial charge in [0.05, 0.1) is 0 Å². The van der Waals surface area contributed by atoms with Gasteiger partial charge in [-0.1, -0.05) is 25.7 Å². The highest BCUT2D eigenvalue weighted by molar-refractivity contribution is 8.14. The number of alkyl halides is 1. The number of hydrogen-bond donors (Lipinski definition) is 0. The highest BCUT2D eigenvalue weighted by atomic mass is 35.7. The van der Waals surface area contributed by atoms with Crippen LogP contribution < -0.4 is 0 Å². The first-order valence-electron chi connectivity index (χ1n) is 4.59. The lowest BCUT2D eigenvalue weighted by Crippen LogP contribution is -2.29. The molecule has 1 saturated carbocycles. The van der Waals surface area contributed by atoms with Gasteiger partial charge in [0.1, 0.15) is 11.4 Å². The summed E-state index contributed by atoms with van der Waals surface area (Å²) in [4.78, 5) is 0. The van der Waals surface area contributed by atoms with Crippen LogP contribution in [0.2, 0.25) is 0 Å². The molecule has 2 nitrogen and oxygen atoms in total. The van der Waals surface area contributed by atoms with Gasteiger partial charge in [-0.15, -0.1) is 0 Å². The zero-order chi connectivity index (χ0) is 9.90. The Labute approximate surface area is 82.9 Å². The fraction of sp³-hybridized carbons (Fsp3) is 1.00. The first kappa shape index (κ1) is 11.2. The highest BCUT2D eigenvalue weighted by Crippen LogP contribution is 2.26. The van der Waals surface area contributed by atoms with Crippen LogP contribution in [0, 0.1) is 0 Å². The van der Waals surface area contributed by atoms with E-state index >= 15 is 0 Å². The van der Waals surface area contributed by atoms with Gasteiger partial charge < -0.3 is 0 Å². The Kier molecular flexibility index (Phi) is 3.98. The van der Waals surface area contributed by atoms with E-state index in [1.807, 2.05) is 0 Å². The molecule has 0 aromatic carbocycles. The van der Waals surface area contributed by atoms with E-state index in [0.29, 0.717) is 12.8 Å². The molecule has 0 radical (unpaired) electrons. The molecule has 78 valence electrons. The third-order valence-corrected chi connectivity index (χ3v) is 4.42. The summed E-state index contributed by atoms with van der Waals surface area (Å²) in [6.45, 7) is 0. The van der Waals surface area contributed by atoms with Gasteiger partial charge in [-0.05, 0) is 12.8 Å². The zero-order valence-corrected chi connectivity index (χ0v) is 8.95. The Hall–Kier alpha value is 0.170. The van der Waals surface area contributed by atoms with Gasteiger partial charge in [0.2, 0.25) is 9.05 Å². The molecule has 0 aromatic heterocycles. The van der Waals surface area contributed by atoms with Crippen molar-refractivity contribution in [2.45, 2.75) is 49.9 Å². The topological polar surface area (TPSA) is 34.1 Å². The van der Waals surface area contributed by atoms with Crippen molar-refractivity contribution in [2.75, 3.05) is 0 Å². The maximum Gasteiger partial charge on any atom is 0.238 e. The van der Waals surface area contributed by atoms with E-state index in [-0.39, 0.29) is 0 Å². The van der Waals surface area contributed by atoms with Gasteiger partial charge >= 0.3 is 0 Å². The number of hydrogen-bond acceptors (Lipinski definition) is 2. The summed E-state index contributed by atoms with van der Waals surface area (Å²) < 4.78 is 35.3. The van der Waals surface area contributed by atoms with Crippen molar-refractivity contribution in [3.8, 4) is 0 Å². The summed E-state index contributed by atoms with van der Waals surface area (Å²) >= 11 is 0. The van der Waals surface area contributed by atoms with Crippen molar-refractivity contribution in [1.29, 1.82) is 0 Å². The first-order valence-corrected chi connectivity index (χ1v) is 6.96. The molecule has 1 rings (SSSR count). The smallest absolute Gasteiger partial charge is 0.238 e. The fourth-order valence-electron chi connectivity index (χ4n) is 1.72. The predicted octanol–water partition coefficient (Wildman–Crippen LogP) is 2.62. The van der Waals surface area contributed by atoms with E-state index in [1.54, 1.807) is 0 Å². The summed E-state index contributed by atoms with van der Waals surface area (Å²) in [6.07, 6.45) is 2.93. The molecular formula is C8H14ClFO2S. The molecule has 5 heteroatoms. The largest absolute Gasteiger partial charge is 0.246 e. The van der Waals surface area contributed by atoms with Crippen molar-refractivity contribution in [2.24, 2.45) is 0 Å². The second-order valence-electron chi connectivity index (χ2n) is 3.52. The summed E-state index contributed by atoms with van der Waals surface area (Å²) in [5.74, 6) is 0. The van der Waals surface area contributed by atoms with E-state index in [2.05, 4.69) is 0 Å². The van der Waals surface area contributed by atoms with Crippen LogP contribution in [0.1, 0.15) is 38.5 Å². The monoisotopic (exact) mass is 228 g/mol. The molecule has 0 spiro atoms. The van der Waals surface area contributed by atoms with Crippen molar-refractivity contribution in [3.63, 3.8) is 0 Å². The van der Waals surface area contributed by atoms with Crippen LogP contribution in [0.25, 0.3) is 0 Å². The lowest BCUT2D eigenvalue weighted by atomic mass is 9.99. The SMILES string of the molecule is O=S(=O)(Cl)C1CCCCCCC1F. The van der Waals surface area contributed by atoms with Crippen molar-refractivity contribution in [3.05, 3.63) is 0 Å². The van der Waals surface area contributed by atoms with Crippen LogP contribution in [-0.2, 0) is 9.05 Å². The quantitative estimate of drug-likeness (QED) is 0.647. The Bertz CT molecular complexity index is 253. The summed E-state index contributed by atoms with van der Waals surface area (Å²) in [6, 6.07) is 0. The van der Waals surface area contributed by atoms with E-state index in [1.165, 1.54) is 0 Å². The second kappa shape index (κ2) is 4.60. The van der Waals surface area contributed by atoms with E-state index in [9.17, 15) is 12.8 Å². The molecule has 1 aliphatic rings. The summed E-state index contributed by atoms with van der Waals surface area (Å²) in [5.41, 5.74) is 0. The minimum absolute atomic E-state index is 0.330. The molecule has 1 aliphatic carbocycles. The maximum atomic E-state index is 13.3. The van der Waals surface area contributed by atoms with Crippen LogP contribution in [0.4, 0.5) is 4.39 Å². The first-order chi connectivity index (χ1) is 6.02. The summed E-state index contributed by atoms with van der Waals surface area (Å²) in [7, 11) is 1.45. The third-order valence-electron chi connectivity index (χ3n) is 2.48. The van der Waals surface area contributed by atoms with E-state index in [0.717, 1.165) is 25.7 Å². The van der Waals surface area contributed by atoms with E-state index < -0.39 is 20.5 Å². The molecule has 0 aromatic rings. The van der Waals surface area contributed by atoms with Gasteiger partial charge in [-0.2, -0.15) is 0 Å². The van der Waals surface area contributed by atoms with Gasteiger partial charge in [0.15, 0.2) is 0 Å². The summed E-state index contributed by atoms with van der Waals surface area (Å²) in [5, 5.41) is -0.977. The molecule has 2 unspecified atom stereocenters. The van der Waals surface area contributed by atoms with Gasteiger partial charge in [-0.3, -0.25) is 0 Å². The van der Waals surface area contributed by atoms with Gasteiger partial charge in [0.25, 0.3) is 0 Å². The van der Waals surface area contributed by atoms with Gasteiger partial charge in [-0.25, -0.2) is 12.8 Å². The van der Waals surface area contributed by atoms with Crippen LogP contribution in [-0.4, -0.2) is 19.8 Å². The lowest BCUT2D eigenvalue weighted by Gasteiger charge is -2.20. The molecule has 2 atom stereocenters. The molecule has 0 amide bonds. The Morgan fingerprint density at radius 1 is 1.08 bits per heavy atom. The van der Waals surface area contributed by atoms with Crippen LogP contribution in [0.3, 0.4) is 0 Å². The zero-order valence-electron chi connectivity index (χ0n) is 7.38. The molecular weight excluding hydrogens is 215 g/mol. The molecule has 13 heavy (non-hydrogen) atoms. The van der Waals surface area contributed by atoms with Crippen molar-refractivity contribution >= 4 is 19.7 Å². The molecule has 0 N–H and O–H groups in total. The fourth-order valence-corrected chi connectivity index (χ4v) is 3.26. The van der Waals surface area contributed by atoms with Crippen LogP contribution in [0.5, 0.6) is 0 Å². The highest BCUT2D eigenvalue weighted by Gasteiger charge is 2.32. The van der Waals surface area contributed by atoms with Crippen LogP contribution in [0.15, 0.2) is 0 Å². The van der Waals surface area contributed by atoms with E-state index in [4.69, 9.17) is 10.7 Å². The van der Waals surface area contributed by atoms with Gasteiger partial charge in [0, 0.05) is 10.7 Å². The molecule has 0 heterocycles. The number of halogens is 2. The second-order valence-corrected chi connectivity index (χ2v) is 6.37. The maximum absolute atomic E-state index is 13.3. The molecule has 0 saturated heterocycles. The van der Waals surface area contributed by atoms with Crippen molar-refractivity contribution in [1.82, 2.24) is 0 Å². The third kappa shape index (κ3) is 3.43. The number of rotatable bonds is 1. The predicted molar refractivity (Wildman–Crippen MR) is 51.2 cm³/mol. The minimum Gasteiger partial charge on any atom is -0.246 e. The average molecular weight is 229 g/mol. The Morgan fingerprint density at radius 3 is 2.15 bits per heavy atom. The van der Waals surface area contributed by atoms with Crippen molar-refractivity contribution < 1.29 is 12.8 Å². The normalized spacial score (nSPS) is 32.2. The Balaban J connectivity index is 2.67. The molecule has 1 fully saturated rings. The standard InChI is InChI=1S/C8H14ClFO2S/c9-13(11,12)8-6-4-2-1-3-5-7(8)10/h7-8H,1-6H2. The lowest BCUT2D eigenvalue weighted by molar-refractivity contribution is 0.270.